The minimum Gasteiger partial charge on any atom is -0.373 e. The van der Waals surface area contributed by atoms with Gasteiger partial charge in [-0.05, 0) is 0 Å². The monoisotopic (exact) mass is 210 g/mol. The second kappa shape index (κ2) is 6.83. The van der Waals surface area contributed by atoms with Gasteiger partial charge in [0.25, 0.3) is 0 Å². The molecule has 0 aromatic carbocycles. The van der Waals surface area contributed by atoms with Crippen molar-refractivity contribution in [1.82, 2.24) is 0 Å². The molecule has 0 atom stereocenters. The summed E-state index contributed by atoms with van der Waals surface area (Å²) in [6.07, 6.45) is -0.493. The van der Waals surface area contributed by atoms with Crippen molar-refractivity contribution in [1.29, 1.82) is 0 Å². The Balaban J connectivity index is 3.53. The first-order valence-corrected chi connectivity index (χ1v) is 4.21. The van der Waals surface area contributed by atoms with E-state index in [9.17, 15) is 18.7 Å². The molecule has 12 heavy (non-hydrogen) atoms. The van der Waals surface area contributed by atoms with E-state index in [-0.39, 0.29) is 12.8 Å². The van der Waals surface area contributed by atoms with Crippen molar-refractivity contribution in [3.05, 3.63) is 0 Å². The zero-order valence-corrected chi connectivity index (χ0v) is 7.55. The fourth-order valence-corrected chi connectivity index (χ4v) is 0.727. The fraction of sp³-hybridized carbons (Fsp3) is 0.500. The van der Waals surface area contributed by atoms with Crippen molar-refractivity contribution in [3.8, 4) is 0 Å². The lowest BCUT2D eigenvalue weighted by molar-refractivity contribution is -0.139. The maximum atomic E-state index is 10.4. The molecule has 0 aliphatic heterocycles. The first-order valence-electron chi connectivity index (χ1n) is 2.75. The second-order valence-corrected chi connectivity index (χ2v) is 2.24. The standard InChI is InChI=1S/C4H4O6P2/c5-3(9-11-7)1-2-4(6)10-12-8/h1-2H2. The van der Waals surface area contributed by atoms with Gasteiger partial charge in [-0.1, -0.05) is 0 Å². The second-order valence-electron chi connectivity index (χ2n) is 1.58. The summed E-state index contributed by atoms with van der Waals surface area (Å²) in [5, 5.41) is 0. The summed E-state index contributed by atoms with van der Waals surface area (Å²) < 4.78 is 27.3. The largest absolute Gasteiger partial charge is 0.398 e. The van der Waals surface area contributed by atoms with Gasteiger partial charge in [0, 0.05) is 0 Å². The third-order valence-electron chi connectivity index (χ3n) is 0.811. The molecule has 0 saturated heterocycles. The molecule has 0 aliphatic rings. The molecule has 0 aliphatic carbocycles. The van der Waals surface area contributed by atoms with Crippen LogP contribution in [-0.2, 0) is 27.8 Å². The Bertz CT molecular complexity index is 180. The zero-order chi connectivity index (χ0) is 9.40. The van der Waals surface area contributed by atoms with Crippen LogP contribution in [0.2, 0.25) is 0 Å². The molecule has 0 radical (unpaired) electrons. The first-order chi connectivity index (χ1) is 5.70. The van der Waals surface area contributed by atoms with E-state index in [1.165, 1.54) is 0 Å². The summed E-state index contributed by atoms with van der Waals surface area (Å²) in [4.78, 5) is 20.9. The molecular formula is C4H4O6P2. The van der Waals surface area contributed by atoms with Crippen LogP contribution >= 0.6 is 17.4 Å². The highest BCUT2D eigenvalue weighted by molar-refractivity contribution is 7.18. The summed E-state index contributed by atoms with van der Waals surface area (Å²) in [7, 11) is -1.51. The molecule has 6 nitrogen and oxygen atoms in total. The van der Waals surface area contributed by atoms with Crippen LogP contribution in [0.15, 0.2) is 0 Å². The molecule has 0 unspecified atom stereocenters. The van der Waals surface area contributed by atoms with Gasteiger partial charge in [-0.15, -0.1) is 0 Å². The van der Waals surface area contributed by atoms with Gasteiger partial charge in [-0.25, -0.2) is 9.13 Å². The molecule has 0 aromatic heterocycles. The number of carbonyl (C=O) groups is 2. The molecule has 0 fully saturated rings. The minimum atomic E-state index is -0.786. The topological polar surface area (TPSA) is 86.7 Å². The van der Waals surface area contributed by atoms with Crippen molar-refractivity contribution in [2.45, 2.75) is 12.8 Å². The van der Waals surface area contributed by atoms with Crippen LogP contribution in [-0.4, -0.2) is 11.9 Å². The minimum absolute atomic E-state index is 0.246. The quantitative estimate of drug-likeness (QED) is 0.634. The molecular weight excluding hydrogens is 206 g/mol. The highest BCUT2D eigenvalue weighted by atomic mass is 31.1. The summed E-state index contributed by atoms with van der Waals surface area (Å²) >= 11 is 0. The van der Waals surface area contributed by atoms with Crippen LogP contribution < -0.4 is 0 Å². The lowest BCUT2D eigenvalue weighted by Gasteiger charge is -1.93. The van der Waals surface area contributed by atoms with Crippen molar-refractivity contribution in [2.24, 2.45) is 0 Å². The van der Waals surface area contributed by atoms with Crippen LogP contribution in [0.4, 0.5) is 0 Å². The Hall–Kier alpha value is -0.860. The van der Waals surface area contributed by atoms with Gasteiger partial charge >= 0.3 is 29.3 Å². The summed E-state index contributed by atoms with van der Waals surface area (Å²) in [5.74, 6) is -1.57. The average molecular weight is 210 g/mol. The summed E-state index contributed by atoms with van der Waals surface area (Å²) in [5.41, 5.74) is 0. The van der Waals surface area contributed by atoms with Gasteiger partial charge < -0.3 is 9.05 Å². The Labute approximate surface area is 70.8 Å². The van der Waals surface area contributed by atoms with E-state index in [0.717, 1.165) is 0 Å². The van der Waals surface area contributed by atoms with E-state index in [0.29, 0.717) is 0 Å². The van der Waals surface area contributed by atoms with Gasteiger partial charge in [-0.2, -0.15) is 0 Å². The maximum Gasteiger partial charge on any atom is 0.398 e. The van der Waals surface area contributed by atoms with Crippen molar-refractivity contribution in [3.63, 3.8) is 0 Å². The van der Waals surface area contributed by atoms with E-state index in [2.05, 4.69) is 9.05 Å². The summed E-state index contributed by atoms with van der Waals surface area (Å²) in [6, 6.07) is 0. The van der Waals surface area contributed by atoms with Crippen molar-refractivity contribution in [2.75, 3.05) is 0 Å². The average Bonchev–Trinajstić information content (AvgIpc) is 2.02. The van der Waals surface area contributed by atoms with Gasteiger partial charge in [0.15, 0.2) is 0 Å². The van der Waals surface area contributed by atoms with E-state index in [1.54, 1.807) is 0 Å². The van der Waals surface area contributed by atoms with E-state index in [4.69, 9.17) is 0 Å². The molecule has 0 spiro atoms. The van der Waals surface area contributed by atoms with E-state index < -0.39 is 29.3 Å². The maximum absolute atomic E-state index is 10.4. The molecule has 0 bridgehead atoms. The Morgan fingerprint density at radius 3 is 1.50 bits per heavy atom. The van der Waals surface area contributed by atoms with Crippen LogP contribution in [0.5, 0.6) is 0 Å². The molecule has 0 saturated carbocycles. The molecule has 66 valence electrons. The Morgan fingerprint density at radius 2 is 1.25 bits per heavy atom. The van der Waals surface area contributed by atoms with Crippen LogP contribution in [0.25, 0.3) is 0 Å². The number of hydrogen-bond donors (Lipinski definition) is 0. The lowest BCUT2D eigenvalue weighted by atomic mass is 10.3. The highest BCUT2D eigenvalue weighted by Crippen LogP contribution is 2.04. The Morgan fingerprint density at radius 1 is 0.917 bits per heavy atom. The van der Waals surface area contributed by atoms with Crippen LogP contribution in [0.3, 0.4) is 0 Å². The van der Waals surface area contributed by atoms with Crippen molar-refractivity contribution >= 4 is 29.3 Å². The summed E-state index contributed by atoms with van der Waals surface area (Å²) in [6.45, 7) is 0. The van der Waals surface area contributed by atoms with Crippen molar-refractivity contribution < 1.29 is 27.8 Å². The van der Waals surface area contributed by atoms with Gasteiger partial charge in [0.05, 0.1) is 12.8 Å². The van der Waals surface area contributed by atoms with Crippen LogP contribution in [0, 0.1) is 0 Å². The van der Waals surface area contributed by atoms with Gasteiger partial charge in [0.2, 0.25) is 0 Å². The molecule has 0 rings (SSSR count). The first kappa shape index (κ1) is 11.1. The predicted octanol–water partition coefficient (Wildman–Crippen LogP) is 1.27. The normalized spacial score (nSPS) is 9.67. The van der Waals surface area contributed by atoms with Gasteiger partial charge in [-0.3, -0.25) is 9.59 Å². The number of hydrogen-bond acceptors (Lipinski definition) is 6. The van der Waals surface area contributed by atoms with Gasteiger partial charge in [0.1, 0.15) is 0 Å². The molecule has 0 heterocycles. The smallest absolute Gasteiger partial charge is 0.373 e. The third-order valence-corrected chi connectivity index (χ3v) is 1.37. The molecule has 8 heteroatoms. The molecule has 0 aromatic rings. The zero-order valence-electron chi connectivity index (χ0n) is 5.76. The van der Waals surface area contributed by atoms with Crippen LogP contribution in [0.1, 0.15) is 12.8 Å². The molecule has 0 amide bonds. The predicted molar refractivity (Wildman–Crippen MR) is 36.6 cm³/mol. The lowest BCUT2D eigenvalue weighted by Crippen LogP contribution is -2.03. The van der Waals surface area contributed by atoms with E-state index >= 15 is 0 Å². The Kier molecular flexibility index (Phi) is 6.34. The van der Waals surface area contributed by atoms with E-state index in [1.807, 2.05) is 0 Å². The number of carbonyl (C=O) groups excluding carboxylic acids is 2. The number of rotatable bonds is 5. The third kappa shape index (κ3) is 5.89. The molecule has 0 N–H and O–H groups in total. The fourth-order valence-electron chi connectivity index (χ4n) is 0.379. The highest BCUT2D eigenvalue weighted by Gasteiger charge is 2.08. The SMILES string of the molecule is O=POC(=O)CCC(=O)OP=O.